The first-order chi connectivity index (χ1) is 12.6. The number of para-hydroxylation sites is 1. The van der Waals surface area contributed by atoms with Crippen LogP contribution in [0.2, 0.25) is 0 Å². The Hall–Kier alpha value is -2.86. The number of amides is 1. The molecule has 3 aromatic rings. The van der Waals surface area contributed by atoms with Gasteiger partial charge in [-0.05, 0) is 29.8 Å². The van der Waals surface area contributed by atoms with Gasteiger partial charge < -0.3 is 4.90 Å². The van der Waals surface area contributed by atoms with Crippen molar-refractivity contribution in [3.8, 4) is 0 Å². The zero-order valence-corrected chi connectivity index (χ0v) is 15.5. The number of benzene rings is 2. The summed E-state index contributed by atoms with van der Waals surface area (Å²) >= 11 is 1.39. The van der Waals surface area contributed by atoms with Crippen molar-refractivity contribution in [1.29, 1.82) is 0 Å². The molecule has 1 N–H and O–H groups in total. The molecule has 1 amide bonds. The van der Waals surface area contributed by atoms with E-state index in [9.17, 15) is 4.79 Å². The van der Waals surface area contributed by atoms with Crippen LogP contribution in [0.25, 0.3) is 10.9 Å². The van der Waals surface area contributed by atoms with E-state index in [4.69, 9.17) is 0 Å². The Morgan fingerprint density at radius 1 is 1.12 bits per heavy atom. The second-order valence-corrected chi connectivity index (χ2v) is 6.91. The Morgan fingerprint density at radius 2 is 1.88 bits per heavy atom. The standard InChI is InChI=1S/C20H20N4OS/c1-24(2)17-10-7-15(8-11-17)13-21-23-19(25)14-26-20-12-9-16-5-3-4-6-18(16)22-20/h3-13H,14H2,1-2H3,(H,23,25)/b21-13+. The van der Waals surface area contributed by atoms with Crippen molar-refractivity contribution in [3.63, 3.8) is 0 Å². The molecule has 132 valence electrons. The third-order valence-electron chi connectivity index (χ3n) is 3.74. The summed E-state index contributed by atoms with van der Waals surface area (Å²) in [5, 5.41) is 5.92. The van der Waals surface area contributed by atoms with Crippen molar-refractivity contribution < 1.29 is 4.79 Å². The lowest BCUT2D eigenvalue weighted by Crippen LogP contribution is -2.19. The molecule has 3 rings (SSSR count). The number of hydrazone groups is 1. The highest BCUT2D eigenvalue weighted by atomic mass is 32.2. The first-order valence-electron chi connectivity index (χ1n) is 8.20. The fourth-order valence-corrected chi connectivity index (χ4v) is 3.01. The Labute approximate surface area is 157 Å². The van der Waals surface area contributed by atoms with Gasteiger partial charge in [-0.15, -0.1) is 0 Å². The number of carbonyl (C=O) groups excluding carboxylic acids is 1. The molecule has 1 aromatic heterocycles. The Balaban J connectivity index is 1.50. The molecule has 0 radical (unpaired) electrons. The highest BCUT2D eigenvalue weighted by Crippen LogP contribution is 2.19. The number of hydrogen-bond acceptors (Lipinski definition) is 5. The summed E-state index contributed by atoms with van der Waals surface area (Å²) in [5.41, 5.74) is 5.52. The predicted molar refractivity (Wildman–Crippen MR) is 109 cm³/mol. The third-order valence-corrected chi connectivity index (χ3v) is 4.67. The molecule has 26 heavy (non-hydrogen) atoms. The van der Waals surface area contributed by atoms with Crippen molar-refractivity contribution >= 4 is 40.5 Å². The summed E-state index contributed by atoms with van der Waals surface area (Å²) in [7, 11) is 3.98. The molecule has 6 heteroatoms. The van der Waals surface area contributed by atoms with Crippen molar-refractivity contribution in [2.24, 2.45) is 5.10 Å². The number of fused-ring (bicyclic) bond motifs is 1. The van der Waals surface area contributed by atoms with Gasteiger partial charge in [0, 0.05) is 25.2 Å². The minimum atomic E-state index is -0.161. The van der Waals surface area contributed by atoms with Gasteiger partial charge in [0.15, 0.2) is 0 Å². The second-order valence-electron chi connectivity index (χ2n) is 5.91. The van der Waals surface area contributed by atoms with Crippen molar-refractivity contribution in [2.75, 3.05) is 24.7 Å². The Bertz CT molecular complexity index is 923. The number of carbonyl (C=O) groups is 1. The molecule has 0 aliphatic rings. The number of pyridine rings is 1. The highest BCUT2D eigenvalue weighted by Gasteiger charge is 2.04. The molecular formula is C20H20N4OS. The molecule has 2 aromatic carbocycles. The van der Waals surface area contributed by atoms with Gasteiger partial charge in [-0.2, -0.15) is 5.10 Å². The predicted octanol–water partition coefficient (Wildman–Crippen LogP) is 3.54. The van der Waals surface area contributed by atoms with Gasteiger partial charge in [-0.25, -0.2) is 10.4 Å². The van der Waals surface area contributed by atoms with Gasteiger partial charge in [0.05, 0.1) is 22.5 Å². The highest BCUT2D eigenvalue weighted by molar-refractivity contribution is 7.99. The molecule has 0 spiro atoms. The van der Waals surface area contributed by atoms with Crippen LogP contribution >= 0.6 is 11.8 Å². The van der Waals surface area contributed by atoms with Gasteiger partial charge >= 0.3 is 0 Å². The largest absolute Gasteiger partial charge is 0.378 e. The van der Waals surface area contributed by atoms with Crippen LogP contribution in [0, 0.1) is 0 Å². The summed E-state index contributed by atoms with van der Waals surface area (Å²) < 4.78 is 0. The second kappa shape index (κ2) is 8.49. The average Bonchev–Trinajstić information content (AvgIpc) is 2.66. The van der Waals surface area contributed by atoms with Crippen LogP contribution < -0.4 is 10.3 Å². The molecule has 0 saturated heterocycles. The number of nitrogens with one attached hydrogen (secondary N) is 1. The first-order valence-corrected chi connectivity index (χ1v) is 9.18. The number of anilines is 1. The molecule has 0 saturated carbocycles. The van der Waals surface area contributed by atoms with Crippen molar-refractivity contribution in [1.82, 2.24) is 10.4 Å². The summed E-state index contributed by atoms with van der Waals surface area (Å²) in [6, 6.07) is 19.8. The molecule has 0 aliphatic heterocycles. The molecule has 0 fully saturated rings. The summed E-state index contributed by atoms with van der Waals surface area (Å²) in [5.74, 6) is 0.105. The van der Waals surface area contributed by atoms with Crippen LogP contribution in [0.1, 0.15) is 5.56 Å². The van der Waals surface area contributed by atoms with Gasteiger partial charge in [0.1, 0.15) is 0 Å². The molecule has 0 atom stereocenters. The maximum atomic E-state index is 11.9. The zero-order valence-electron chi connectivity index (χ0n) is 14.7. The van der Waals surface area contributed by atoms with E-state index >= 15 is 0 Å². The van der Waals surface area contributed by atoms with E-state index in [2.05, 4.69) is 15.5 Å². The fourth-order valence-electron chi connectivity index (χ4n) is 2.34. The minimum absolute atomic E-state index is 0.161. The monoisotopic (exact) mass is 364 g/mol. The van der Waals surface area contributed by atoms with Crippen LogP contribution in [0.4, 0.5) is 5.69 Å². The molecule has 0 bridgehead atoms. The SMILES string of the molecule is CN(C)c1ccc(/C=N/NC(=O)CSc2ccc3ccccc3n2)cc1. The molecular weight excluding hydrogens is 344 g/mol. The smallest absolute Gasteiger partial charge is 0.250 e. The van der Waals surface area contributed by atoms with Crippen molar-refractivity contribution in [2.45, 2.75) is 5.03 Å². The number of aromatic nitrogens is 1. The van der Waals surface area contributed by atoms with Crippen LogP contribution in [0.15, 0.2) is 70.8 Å². The van der Waals surface area contributed by atoms with E-state index in [1.807, 2.05) is 79.7 Å². The lowest BCUT2D eigenvalue weighted by molar-refractivity contribution is -0.118. The molecule has 1 heterocycles. The third kappa shape index (κ3) is 4.83. The first kappa shape index (κ1) is 17.9. The van der Waals surface area contributed by atoms with Gasteiger partial charge in [0.2, 0.25) is 5.91 Å². The average molecular weight is 364 g/mol. The van der Waals surface area contributed by atoms with E-state index in [-0.39, 0.29) is 11.7 Å². The van der Waals surface area contributed by atoms with E-state index < -0.39 is 0 Å². The maximum absolute atomic E-state index is 11.9. The maximum Gasteiger partial charge on any atom is 0.250 e. The minimum Gasteiger partial charge on any atom is -0.378 e. The van der Waals surface area contributed by atoms with Gasteiger partial charge in [-0.3, -0.25) is 4.79 Å². The number of rotatable bonds is 6. The van der Waals surface area contributed by atoms with Crippen LogP contribution in [0.3, 0.4) is 0 Å². The summed E-state index contributed by atoms with van der Waals surface area (Å²) in [6.07, 6.45) is 1.64. The number of thioether (sulfide) groups is 1. The summed E-state index contributed by atoms with van der Waals surface area (Å²) in [6.45, 7) is 0. The topological polar surface area (TPSA) is 57.6 Å². The quantitative estimate of drug-likeness (QED) is 0.413. The normalized spacial score (nSPS) is 11.0. The number of hydrogen-bond donors (Lipinski definition) is 1. The van der Waals surface area contributed by atoms with Gasteiger partial charge in [-0.1, -0.05) is 48.2 Å². The van der Waals surface area contributed by atoms with Crippen LogP contribution in [-0.2, 0) is 4.79 Å². The molecule has 5 nitrogen and oxygen atoms in total. The van der Waals surface area contributed by atoms with E-state index in [1.165, 1.54) is 11.8 Å². The fraction of sp³-hybridized carbons (Fsp3) is 0.150. The van der Waals surface area contributed by atoms with Crippen LogP contribution in [0.5, 0.6) is 0 Å². The Kier molecular flexibility index (Phi) is 5.86. The van der Waals surface area contributed by atoms with E-state index in [0.29, 0.717) is 0 Å². The lowest BCUT2D eigenvalue weighted by Gasteiger charge is -2.11. The molecule has 0 unspecified atom stereocenters. The zero-order chi connectivity index (χ0) is 18.4. The lowest BCUT2D eigenvalue weighted by atomic mass is 10.2. The van der Waals surface area contributed by atoms with E-state index in [1.54, 1.807) is 6.21 Å². The number of nitrogens with zero attached hydrogens (tertiary/aromatic N) is 3. The van der Waals surface area contributed by atoms with E-state index in [0.717, 1.165) is 27.2 Å². The molecule has 0 aliphatic carbocycles. The van der Waals surface area contributed by atoms with Gasteiger partial charge in [0.25, 0.3) is 0 Å². The Morgan fingerprint density at radius 3 is 2.65 bits per heavy atom. The van der Waals surface area contributed by atoms with Crippen molar-refractivity contribution in [3.05, 3.63) is 66.2 Å². The summed E-state index contributed by atoms with van der Waals surface area (Å²) in [4.78, 5) is 18.5. The van der Waals surface area contributed by atoms with Crippen LogP contribution in [-0.4, -0.2) is 37.0 Å².